The van der Waals surface area contributed by atoms with Crippen molar-refractivity contribution in [1.82, 2.24) is 14.9 Å². The van der Waals surface area contributed by atoms with Crippen LogP contribution in [-0.2, 0) is 9.59 Å². The number of aliphatic carboxylic acids is 1. The first-order valence-corrected chi connectivity index (χ1v) is 9.81. The molecule has 4 rings (SSSR count). The molecule has 1 N–H and O–H groups in total. The van der Waals surface area contributed by atoms with Crippen LogP contribution in [0.5, 0.6) is 0 Å². The van der Waals surface area contributed by atoms with Crippen LogP contribution in [0.3, 0.4) is 0 Å². The summed E-state index contributed by atoms with van der Waals surface area (Å²) in [7, 11) is 0. The van der Waals surface area contributed by atoms with Crippen molar-refractivity contribution in [2.24, 2.45) is 11.3 Å². The second-order valence-corrected chi connectivity index (χ2v) is 8.39. The topological polar surface area (TPSA) is 86.6 Å². The van der Waals surface area contributed by atoms with E-state index in [0.29, 0.717) is 26.1 Å². The summed E-state index contributed by atoms with van der Waals surface area (Å²) >= 11 is 1.59. The van der Waals surface area contributed by atoms with Crippen molar-refractivity contribution >= 4 is 39.2 Å². The van der Waals surface area contributed by atoms with Gasteiger partial charge in [0.15, 0.2) is 0 Å². The van der Waals surface area contributed by atoms with Crippen molar-refractivity contribution in [3.63, 3.8) is 0 Å². The quantitative estimate of drug-likeness (QED) is 0.887. The van der Waals surface area contributed by atoms with Crippen LogP contribution < -0.4 is 4.90 Å². The minimum Gasteiger partial charge on any atom is -0.481 e. The molecule has 4 heterocycles. The molecular formula is C18H22N4O3S. The van der Waals surface area contributed by atoms with Gasteiger partial charge in [-0.3, -0.25) is 9.59 Å². The van der Waals surface area contributed by atoms with Crippen LogP contribution >= 0.6 is 11.3 Å². The zero-order valence-corrected chi connectivity index (χ0v) is 15.5. The first-order chi connectivity index (χ1) is 12.5. The van der Waals surface area contributed by atoms with Crippen LogP contribution in [0.4, 0.5) is 5.82 Å². The molecule has 0 saturated carbocycles. The van der Waals surface area contributed by atoms with E-state index in [0.717, 1.165) is 35.4 Å². The first-order valence-electron chi connectivity index (χ1n) is 8.93. The maximum Gasteiger partial charge on any atom is 0.311 e. The highest BCUT2D eigenvalue weighted by Crippen LogP contribution is 2.34. The van der Waals surface area contributed by atoms with E-state index >= 15 is 0 Å². The predicted molar refractivity (Wildman–Crippen MR) is 99.3 cm³/mol. The third-order valence-electron chi connectivity index (χ3n) is 5.61. The second kappa shape index (κ2) is 6.50. The number of thiophene rings is 1. The van der Waals surface area contributed by atoms with Gasteiger partial charge in [0.1, 0.15) is 17.0 Å². The number of hydrogen-bond donors (Lipinski definition) is 1. The summed E-state index contributed by atoms with van der Waals surface area (Å²) in [6.07, 6.45) is 3.87. The molecule has 2 aromatic heterocycles. The Labute approximate surface area is 155 Å². The number of carboxylic acid groups (broad SMARTS) is 1. The summed E-state index contributed by atoms with van der Waals surface area (Å²) in [6, 6.07) is 2.03. The van der Waals surface area contributed by atoms with Gasteiger partial charge in [0.05, 0.1) is 16.7 Å². The van der Waals surface area contributed by atoms with E-state index in [-0.39, 0.29) is 11.8 Å². The van der Waals surface area contributed by atoms with E-state index in [1.807, 2.05) is 11.4 Å². The number of hydrogen-bond acceptors (Lipinski definition) is 6. The number of nitrogens with zero attached hydrogens (tertiary/aromatic N) is 4. The number of fused-ring (bicyclic) bond motifs is 1. The largest absolute Gasteiger partial charge is 0.481 e. The van der Waals surface area contributed by atoms with Crippen LogP contribution in [0.2, 0.25) is 0 Å². The van der Waals surface area contributed by atoms with Crippen molar-refractivity contribution < 1.29 is 14.7 Å². The average molecular weight is 374 g/mol. The number of aromatic nitrogens is 2. The van der Waals surface area contributed by atoms with Crippen LogP contribution in [-0.4, -0.2) is 58.0 Å². The number of piperidine rings is 1. The van der Waals surface area contributed by atoms with Crippen LogP contribution in [0, 0.1) is 11.3 Å². The van der Waals surface area contributed by atoms with Gasteiger partial charge in [0, 0.05) is 26.2 Å². The van der Waals surface area contributed by atoms with E-state index in [1.54, 1.807) is 29.5 Å². The normalized spacial score (nSPS) is 26.4. The Bertz CT molecular complexity index is 854. The highest BCUT2D eigenvalue weighted by Gasteiger charge is 2.43. The number of likely N-dealkylation sites (tertiary alicyclic amines) is 1. The molecule has 8 heteroatoms. The lowest BCUT2D eigenvalue weighted by Crippen LogP contribution is -2.45. The van der Waals surface area contributed by atoms with Crippen LogP contribution in [0.15, 0.2) is 17.8 Å². The molecule has 1 amide bonds. The van der Waals surface area contributed by atoms with Gasteiger partial charge in [0.25, 0.3) is 0 Å². The minimum atomic E-state index is -0.820. The van der Waals surface area contributed by atoms with Crippen molar-refractivity contribution in [2.45, 2.75) is 26.2 Å². The van der Waals surface area contributed by atoms with Crippen molar-refractivity contribution in [2.75, 3.05) is 31.1 Å². The Kier molecular flexibility index (Phi) is 4.30. The number of carbonyl (C=O) groups excluding carboxylic acids is 1. The van der Waals surface area contributed by atoms with Crippen molar-refractivity contribution in [3.05, 3.63) is 17.8 Å². The molecular weight excluding hydrogens is 352 g/mol. The maximum absolute atomic E-state index is 13.0. The molecule has 2 aliphatic heterocycles. The lowest BCUT2D eigenvalue weighted by molar-refractivity contribution is -0.147. The molecule has 0 aromatic carbocycles. The summed E-state index contributed by atoms with van der Waals surface area (Å²) in [4.78, 5) is 38.0. The molecule has 2 unspecified atom stereocenters. The first kappa shape index (κ1) is 17.2. The fraction of sp³-hybridized carbons (Fsp3) is 0.556. The Hall–Kier alpha value is -2.22. The Morgan fingerprint density at radius 3 is 2.96 bits per heavy atom. The zero-order chi connectivity index (χ0) is 18.3. The van der Waals surface area contributed by atoms with Crippen LogP contribution in [0.1, 0.15) is 26.2 Å². The van der Waals surface area contributed by atoms with E-state index < -0.39 is 11.4 Å². The molecule has 0 aliphatic carbocycles. The molecule has 0 bridgehead atoms. The van der Waals surface area contributed by atoms with E-state index in [1.165, 1.54) is 0 Å². The molecule has 2 aliphatic rings. The maximum atomic E-state index is 13.0. The summed E-state index contributed by atoms with van der Waals surface area (Å²) in [5.74, 6) is 0.0447. The van der Waals surface area contributed by atoms with Gasteiger partial charge in [-0.1, -0.05) is 0 Å². The molecule has 138 valence electrons. The Balaban J connectivity index is 1.50. The molecule has 2 fully saturated rings. The zero-order valence-electron chi connectivity index (χ0n) is 14.7. The summed E-state index contributed by atoms with van der Waals surface area (Å²) in [5, 5.41) is 12.4. The van der Waals surface area contributed by atoms with Gasteiger partial charge in [0.2, 0.25) is 5.91 Å². The van der Waals surface area contributed by atoms with Gasteiger partial charge < -0.3 is 14.9 Å². The van der Waals surface area contributed by atoms with E-state index in [2.05, 4.69) is 14.9 Å². The average Bonchev–Trinajstić information content (AvgIpc) is 3.28. The lowest BCUT2D eigenvalue weighted by Gasteiger charge is -2.35. The molecule has 0 spiro atoms. The standard InChI is InChI=1S/C18H22N4O3S/c1-18(17(24)25)5-7-22(10-18)16(23)12-3-2-6-21(9-12)14-13-4-8-26-15(13)20-11-19-14/h4,8,11-12H,2-3,5-7,9-10H2,1H3,(H,24,25). The number of rotatable bonds is 3. The van der Waals surface area contributed by atoms with Gasteiger partial charge in [-0.25, -0.2) is 9.97 Å². The molecule has 2 aromatic rings. The Morgan fingerprint density at radius 1 is 1.35 bits per heavy atom. The summed E-state index contributed by atoms with van der Waals surface area (Å²) in [6.45, 7) is 4.06. The second-order valence-electron chi connectivity index (χ2n) is 7.50. The number of anilines is 1. The van der Waals surface area contributed by atoms with E-state index in [4.69, 9.17) is 0 Å². The molecule has 2 atom stereocenters. The van der Waals surface area contributed by atoms with Crippen molar-refractivity contribution in [3.8, 4) is 0 Å². The fourth-order valence-corrected chi connectivity index (χ4v) is 4.71. The monoisotopic (exact) mass is 374 g/mol. The number of carbonyl (C=O) groups is 2. The van der Waals surface area contributed by atoms with E-state index in [9.17, 15) is 14.7 Å². The molecule has 0 radical (unpaired) electrons. The number of amides is 1. The van der Waals surface area contributed by atoms with Crippen LogP contribution in [0.25, 0.3) is 10.2 Å². The smallest absolute Gasteiger partial charge is 0.311 e. The molecule has 7 nitrogen and oxygen atoms in total. The Morgan fingerprint density at radius 2 is 2.19 bits per heavy atom. The van der Waals surface area contributed by atoms with Gasteiger partial charge >= 0.3 is 5.97 Å². The summed E-state index contributed by atoms with van der Waals surface area (Å²) < 4.78 is 0. The molecule has 26 heavy (non-hydrogen) atoms. The van der Waals surface area contributed by atoms with Crippen molar-refractivity contribution in [1.29, 1.82) is 0 Å². The van der Waals surface area contributed by atoms with Gasteiger partial charge in [-0.15, -0.1) is 11.3 Å². The minimum absolute atomic E-state index is 0.0790. The third-order valence-corrected chi connectivity index (χ3v) is 6.43. The highest BCUT2D eigenvalue weighted by molar-refractivity contribution is 7.16. The SMILES string of the molecule is CC1(C(=O)O)CCN(C(=O)C2CCCN(c3ncnc4sccc34)C2)C1. The summed E-state index contributed by atoms with van der Waals surface area (Å²) in [5.41, 5.74) is -0.820. The van der Waals surface area contributed by atoms with Gasteiger partial charge in [-0.05, 0) is 37.6 Å². The fourth-order valence-electron chi connectivity index (χ4n) is 3.98. The lowest BCUT2D eigenvalue weighted by atomic mass is 9.90. The number of carboxylic acids is 1. The van der Waals surface area contributed by atoms with Gasteiger partial charge in [-0.2, -0.15) is 0 Å². The highest BCUT2D eigenvalue weighted by atomic mass is 32.1. The molecule has 2 saturated heterocycles. The predicted octanol–water partition coefficient (Wildman–Crippen LogP) is 2.23. The third kappa shape index (κ3) is 2.92.